The van der Waals surface area contributed by atoms with Crippen LogP contribution in [0.4, 0.5) is 5.69 Å². The molecule has 46 heavy (non-hydrogen) atoms. The summed E-state index contributed by atoms with van der Waals surface area (Å²) in [7, 11) is 0. The number of benzene rings is 2. The van der Waals surface area contributed by atoms with Crippen molar-refractivity contribution in [2.75, 3.05) is 29.7 Å². The second-order valence-electron chi connectivity index (χ2n) is 14.0. The predicted molar refractivity (Wildman–Crippen MR) is 178 cm³/mol. The number of hydrogen-bond donors (Lipinski definition) is 1. The maximum Gasteiger partial charge on any atom is 0.307 e. The normalized spacial score (nSPS) is 30.7. The molecule has 2 amide bonds. The van der Waals surface area contributed by atoms with Gasteiger partial charge in [-0.1, -0.05) is 48.9 Å². The van der Waals surface area contributed by atoms with Crippen LogP contribution in [0.3, 0.4) is 0 Å². The first-order chi connectivity index (χ1) is 22.2. The first-order valence-corrected chi connectivity index (χ1v) is 17.3. The minimum atomic E-state index is -0.639. The summed E-state index contributed by atoms with van der Waals surface area (Å²) in [5.41, 5.74) is 3.36. The smallest absolute Gasteiger partial charge is 0.307 e. The van der Waals surface area contributed by atoms with Crippen LogP contribution in [0, 0.1) is 22.7 Å². The second-order valence-corrected chi connectivity index (χ2v) is 14.6. The van der Waals surface area contributed by atoms with E-state index in [0.717, 1.165) is 64.5 Å². The Morgan fingerprint density at radius 2 is 1.65 bits per heavy atom. The number of rotatable bonds is 5. The molecule has 2 aromatic rings. The van der Waals surface area contributed by atoms with Crippen molar-refractivity contribution in [3.63, 3.8) is 0 Å². The fourth-order valence-electron chi connectivity index (χ4n) is 9.50. The zero-order valence-electron chi connectivity index (χ0n) is 25.7. The number of phenols is 1. The number of carbonyl (C=O) groups excluding carboxylic acids is 3. The number of phenolic OH excluding ortho intramolecular Hbond substituents is 1. The van der Waals surface area contributed by atoms with Gasteiger partial charge in [-0.05, 0) is 54.2 Å². The molecule has 9 rings (SSSR count). The molecule has 0 saturated heterocycles. The van der Waals surface area contributed by atoms with Gasteiger partial charge < -0.3 is 19.6 Å². The van der Waals surface area contributed by atoms with Crippen LogP contribution in [0.2, 0.25) is 0 Å². The Bertz CT molecular complexity index is 1830. The third kappa shape index (κ3) is 4.20. The molecule has 3 saturated carbocycles. The lowest BCUT2D eigenvalue weighted by Crippen LogP contribution is -2.63. The Balaban J connectivity index is 1.11. The van der Waals surface area contributed by atoms with Crippen LogP contribution in [0.15, 0.2) is 77.2 Å². The summed E-state index contributed by atoms with van der Waals surface area (Å²) in [5.74, 6) is 0.968. The Kier molecular flexibility index (Phi) is 6.97. The number of fused-ring (bicyclic) bond motifs is 7. The van der Waals surface area contributed by atoms with Crippen LogP contribution >= 0.6 is 23.2 Å². The Morgan fingerprint density at radius 1 is 0.978 bits per heavy atom. The van der Waals surface area contributed by atoms with Crippen LogP contribution in [-0.4, -0.2) is 52.6 Å². The van der Waals surface area contributed by atoms with Gasteiger partial charge in [0.15, 0.2) is 0 Å². The standard InChI is InChI=1S/C37H36Cl2N2O5/c1-21(42)46-31-14-29-33(27-10-5-3-8-25(27)31)23(16-39)18-41(29)35(45)37-12-6-11-36(19-37,20-37)34(44)40-17-22(15-38)32-26-9-4-2-7-24(26)30(43)13-28(32)40/h2-5,7,9-10,13-14,22-23,25,43H,6,8,11-12,15-20H2,1H3/t22-,23-,25?,36-,37+/m1/s1. The van der Waals surface area contributed by atoms with Crippen molar-refractivity contribution in [1.29, 1.82) is 0 Å². The molecular formula is C37H36Cl2N2O5. The first kappa shape index (κ1) is 29.8. The van der Waals surface area contributed by atoms with Crippen LogP contribution in [-0.2, 0) is 19.1 Å². The Labute approximate surface area is 278 Å². The first-order valence-electron chi connectivity index (χ1n) is 16.2. The summed E-state index contributed by atoms with van der Waals surface area (Å²) < 4.78 is 5.70. The molecule has 3 atom stereocenters. The van der Waals surface area contributed by atoms with E-state index in [1.165, 1.54) is 6.92 Å². The number of halogens is 2. The van der Waals surface area contributed by atoms with Gasteiger partial charge in [0.2, 0.25) is 11.8 Å². The highest BCUT2D eigenvalue weighted by molar-refractivity contribution is 6.19. The van der Waals surface area contributed by atoms with E-state index in [1.54, 1.807) is 6.07 Å². The van der Waals surface area contributed by atoms with Gasteiger partial charge in [-0.25, -0.2) is 0 Å². The Morgan fingerprint density at radius 3 is 2.35 bits per heavy atom. The van der Waals surface area contributed by atoms with Crippen LogP contribution in [0.5, 0.6) is 5.75 Å². The molecule has 9 heteroatoms. The minimum absolute atomic E-state index is 0.0239. The van der Waals surface area contributed by atoms with Gasteiger partial charge >= 0.3 is 5.97 Å². The number of amides is 2. The zero-order chi connectivity index (χ0) is 32.0. The molecule has 2 aromatic carbocycles. The van der Waals surface area contributed by atoms with Crippen molar-refractivity contribution >= 4 is 57.4 Å². The summed E-state index contributed by atoms with van der Waals surface area (Å²) in [4.78, 5) is 44.9. The maximum absolute atomic E-state index is 14.6. The maximum atomic E-state index is 14.6. The highest BCUT2D eigenvalue weighted by Gasteiger charge is 2.66. The highest BCUT2D eigenvalue weighted by Crippen LogP contribution is 2.66. The minimum Gasteiger partial charge on any atom is -0.507 e. The van der Waals surface area contributed by atoms with Gasteiger partial charge in [-0.3, -0.25) is 14.4 Å². The summed E-state index contributed by atoms with van der Waals surface area (Å²) in [6, 6.07) is 9.41. The van der Waals surface area contributed by atoms with Gasteiger partial charge in [-0.15, -0.1) is 23.2 Å². The fraction of sp³-hybridized carbons (Fsp3) is 0.432. The molecule has 0 aromatic heterocycles. The number of anilines is 1. The lowest BCUT2D eigenvalue weighted by molar-refractivity contribution is -0.173. The van der Waals surface area contributed by atoms with E-state index in [1.807, 2.05) is 46.2 Å². The van der Waals surface area contributed by atoms with Crippen molar-refractivity contribution in [3.8, 4) is 5.75 Å². The quantitative estimate of drug-likeness (QED) is 0.274. The van der Waals surface area contributed by atoms with Crippen LogP contribution in [0.1, 0.15) is 56.9 Å². The van der Waals surface area contributed by atoms with Crippen molar-refractivity contribution < 1.29 is 24.2 Å². The largest absolute Gasteiger partial charge is 0.507 e. The van der Waals surface area contributed by atoms with Crippen LogP contribution < -0.4 is 4.90 Å². The molecule has 2 heterocycles. The molecular weight excluding hydrogens is 623 g/mol. The van der Waals surface area contributed by atoms with Crippen LogP contribution in [0.25, 0.3) is 10.8 Å². The third-order valence-corrected chi connectivity index (χ3v) is 12.1. The summed E-state index contributed by atoms with van der Waals surface area (Å²) in [6.07, 6.45) is 12.0. The van der Waals surface area contributed by atoms with Crippen molar-refractivity contribution in [2.45, 2.75) is 51.4 Å². The van der Waals surface area contributed by atoms with Gasteiger partial charge in [0.05, 0.1) is 22.2 Å². The summed E-state index contributed by atoms with van der Waals surface area (Å²) >= 11 is 13.0. The van der Waals surface area contributed by atoms with E-state index >= 15 is 0 Å². The third-order valence-electron chi connectivity index (χ3n) is 11.3. The van der Waals surface area contributed by atoms with Gasteiger partial charge in [0, 0.05) is 67.1 Å². The molecule has 5 aliphatic carbocycles. The molecule has 1 unspecified atom stereocenters. The van der Waals surface area contributed by atoms with E-state index < -0.39 is 10.8 Å². The number of ether oxygens (including phenoxy) is 1. The highest BCUT2D eigenvalue weighted by atomic mass is 35.5. The molecule has 7 aliphatic rings. The number of allylic oxidation sites excluding steroid dienone is 5. The number of carbonyl (C=O) groups is 3. The van der Waals surface area contributed by atoms with E-state index in [-0.39, 0.29) is 41.3 Å². The van der Waals surface area contributed by atoms with Gasteiger partial charge in [-0.2, -0.15) is 0 Å². The zero-order valence-corrected chi connectivity index (χ0v) is 27.2. The lowest BCUT2D eigenvalue weighted by atomic mass is 9.44. The van der Waals surface area contributed by atoms with E-state index in [9.17, 15) is 19.5 Å². The molecule has 0 radical (unpaired) electrons. The molecule has 2 aliphatic heterocycles. The topological polar surface area (TPSA) is 87.2 Å². The monoisotopic (exact) mass is 658 g/mol. The average molecular weight is 660 g/mol. The van der Waals surface area contributed by atoms with E-state index in [2.05, 4.69) is 12.2 Å². The van der Waals surface area contributed by atoms with Crippen molar-refractivity contribution in [1.82, 2.24) is 4.90 Å². The molecule has 1 N–H and O–H groups in total. The molecule has 0 spiro atoms. The SMILES string of the molecule is CC(=O)OC1=CC2=C(C3=CC=CCC13)[C@H](CCl)CN2C(=O)[C@]12CCC[C@](C(=O)N3C[C@@H](CCl)c4c3cc(O)c3ccccc43)(C1)C2. The average Bonchev–Trinajstić information content (AvgIpc) is 3.62. The second kappa shape index (κ2) is 10.7. The number of esters is 1. The van der Waals surface area contributed by atoms with Gasteiger partial charge in [0.1, 0.15) is 11.5 Å². The fourth-order valence-corrected chi connectivity index (χ4v) is 10.0. The lowest BCUT2D eigenvalue weighted by Gasteiger charge is -2.60. The van der Waals surface area contributed by atoms with E-state index in [4.69, 9.17) is 27.9 Å². The van der Waals surface area contributed by atoms with Crippen molar-refractivity contribution in [3.05, 3.63) is 82.8 Å². The number of hydrogen-bond acceptors (Lipinski definition) is 5. The summed E-state index contributed by atoms with van der Waals surface area (Å²) in [6.45, 7) is 2.33. The Hall–Kier alpha value is -3.55. The number of nitrogens with zero attached hydrogens (tertiary/aromatic N) is 2. The van der Waals surface area contributed by atoms with E-state index in [0.29, 0.717) is 43.5 Å². The predicted octanol–water partition coefficient (Wildman–Crippen LogP) is 7.08. The van der Waals surface area contributed by atoms with Gasteiger partial charge in [0.25, 0.3) is 0 Å². The molecule has 2 bridgehead atoms. The number of aromatic hydroxyl groups is 1. The number of alkyl halides is 2. The molecule has 3 fully saturated rings. The van der Waals surface area contributed by atoms with Crippen molar-refractivity contribution in [2.24, 2.45) is 22.7 Å². The molecule has 238 valence electrons. The summed E-state index contributed by atoms with van der Waals surface area (Å²) in [5, 5.41) is 12.6. The molecule has 7 nitrogen and oxygen atoms in total.